The van der Waals surface area contributed by atoms with Gasteiger partial charge in [0.25, 0.3) is 0 Å². The van der Waals surface area contributed by atoms with E-state index in [4.69, 9.17) is 0 Å². The van der Waals surface area contributed by atoms with Crippen LogP contribution in [-0.4, -0.2) is 38.4 Å². The molecule has 0 N–H and O–H groups in total. The van der Waals surface area contributed by atoms with Gasteiger partial charge >= 0.3 is 0 Å². The highest BCUT2D eigenvalue weighted by Crippen LogP contribution is 2.37. The molecule has 0 radical (unpaired) electrons. The van der Waals surface area contributed by atoms with Gasteiger partial charge in [-0.3, -0.25) is 0 Å². The highest BCUT2D eigenvalue weighted by molar-refractivity contribution is 7.91. The number of nitrogens with zero attached hydrogens (tertiary/aromatic N) is 4. The minimum atomic E-state index is -3.57. The highest BCUT2D eigenvalue weighted by Gasteiger charge is 2.26. The highest BCUT2D eigenvalue weighted by atomic mass is 32.2. The first kappa shape index (κ1) is 18.0. The summed E-state index contributed by atoms with van der Waals surface area (Å²) in [7, 11) is -0.0236. The van der Waals surface area contributed by atoms with Crippen LogP contribution in [0, 0.1) is 11.3 Å². The van der Waals surface area contributed by atoms with Crippen molar-refractivity contribution in [3.8, 4) is 17.2 Å². The van der Waals surface area contributed by atoms with Crippen molar-refractivity contribution >= 4 is 21.2 Å². The molecule has 1 aromatic carbocycles. The molecule has 0 aliphatic carbocycles. The van der Waals surface area contributed by atoms with Crippen molar-refractivity contribution in [3.05, 3.63) is 47.7 Å². The van der Waals surface area contributed by atoms with Gasteiger partial charge in [0.1, 0.15) is 4.90 Å². The lowest BCUT2D eigenvalue weighted by Crippen LogP contribution is -2.19. The lowest BCUT2D eigenvalue weighted by Gasteiger charge is -2.20. The minimum Gasteiger partial charge on any atom is -0.360 e. The van der Waals surface area contributed by atoms with E-state index in [2.05, 4.69) is 11.2 Å². The van der Waals surface area contributed by atoms with E-state index in [0.717, 1.165) is 12.1 Å². The number of aryl methyl sites for hydroxylation is 1. The summed E-state index contributed by atoms with van der Waals surface area (Å²) in [5.41, 5.74) is 3.43. The third-order valence-corrected chi connectivity index (χ3v) is 5.38. The van der Waals surface area contributed by atoms with Crippen molar-refractivity contribution in [1.82, 2.24) is 9.61 Å². The van der Waals surface area contributed by atoms with Crippen LogP contribution >= 0.6 is 0 Å². The molecule has 2 heterocycles. The second-order valence-corrected chi connectivity index (χ2v) is 8.31. The Bertz CT molecular complexity index is 1140. The molecule has 0 aliphatic heterocycles. The maximum Gasteiger partial charge on any atom is 0.179 e. The first-order chi connectivity index (χ1) is 12.3. The maximum absolute atomic E-state index is 12.7. The SMILES string of the molecule is CCc1ccc2c(-c3cccc(C#N)c3)c(S(C)(=O)=O)c(N(C)C)nn12. The van der Waals surface area contributed by atoms with Crippen LogP contribution < -0.4 is 4.90 Å². The molecule has 0 saturated heterocycles. The zero-order chi connectivity index (χ0) is 19.1. The van der Waals surface area contributed by atoms with Gasteiger partial charge in [-0.2, -0.15) is 5.26 Å². The van der Waals surface area contributed by atoms with Crippen LogP contribution in [0.15, 0.2) is 41.3 Å². The van der Waals surface area contributed by atoms with Gasteiger partial charge in [0.15, 0.2) is 15.7 Å². The topological polar surface area (TPSA) is 78.5 Å². The maximum atomic E-state index is 12.7. The number of sulfone groups is 1. The lowest BCUT2D eigenvalue weighted by molar-refractivity contribution is 0.601. The number of nitriles is 1. The molecule has 0 aliphatic rings. The Hall–Kier alpha value is -2.85. The predicted octanol–water partition coefficient (Wildman–Crippen LogP) is 2.90. The van der Waals surface area contributed by atoms with Crippen molar-refractivity contribution in [3.63, 3.8) is 0 Å². The summed E-state index contributed by atoms with van der Waals surface area (Å²) in [6, 6.07) is 12.9. The average molecular weight is 368 g/mol. The summed E-state index contributed by atoms with van der Waals surface area (Å²) in [4.78, 5) is 1.87. The van der Waals surface area contributed by atoms with E-state index in [1.807, 2.05) is 25.1 Å². The van der Waals surface area contributed by atoms with E-state index in [-0.39, 0.29) is 4.90 Å². The number of benzene rings is 1. The molecule has 0 spiro atoms. The van der Waals surface area contributed by atoms with E-state index in [1.54, 1.807) is 41.7 Å². The third-order valence-electron chi connectivity index (χ3n) is 4.25. The molecule has 3 aromatic rings. The molecule has 0 amide bonds. The number of hydrogen-bond acceptors (Lipinski definition) is 5. The van der Waals surface area contributed by atoms with Gasteiger partial charge in [-0.1, -0.05) is 19.1 Å². The standard InChI is InChI=1S/C19H20N4O2S/c1-5-15-9-10-16-17(14-8-6-7-13(11-14)12-20)18(26(4,24)25)19(22(2)3)21-23(15)16/h6-11H,5H2,1-4H3. The quantitative estimate of drug-likeness (QED) is 0.707. The Morgan fingerprint density at radius 1 is 1.23 bits per heavy atom. The van der Waals surface area contributed by atoms with Crippen molar-refractivity contribution in [2.75, 3.05) is 25.3 Å². The fourth-order valence-electron chi connectivity index (χ4n) is 3.08. The largest absolute Gasteiger partial charge is 0.360 e. The van der Waals surface area contributed by atoms with E-state index in [9.17, 15) is 13.7 Å². The Morgan fingerprint density at radius 3 is 2.54 bits per heavy atom. The monoisotopic (exact) mass is 368 g/mol. The Kier molecular flexibility index (Phi) is 4.46. The van der Waals surface area contributed by atoms with Crippen LogP contribution in [0.2, 0.25) is 0 Å². The summed E-state index contributed by atoms with van der Waals surface area (Å²) in [5.74, 6) is 0.378. The minimum absolute atomic E-state index is 0.172. The fraction of sp³-hybridized carbons (Fsp3) is 0.263. The van der Waals surface area contributed by atoms with Crippen LogP contribution in [0.4, 0.5) is 5.82 Å². The molecule has 0 fully saturated rings. The van der Waals surface area contributed by atoms with Gasteiger partial charge in [0.2, 0.25) is 0 Å². The molecule has 26 heavy (non-hydrogen) atoms. The van der Waals surface area contributed by atoms with E-state index >= 15 is 0 Å². The van der Waals surface area contributed by atoms with Crippen LogP contribution in [0.5, 0.6) is 0 Å². The zero-order valence-corrected chi connectivity index (χ0v) is 16.0. The van der Waals surface area contributed by atoms with Crippen molar-refractivity contribution in [2.24, 2.45) is 0 Å². The molecular formula is C19H20N4O2S. The zero-order valence-electron chi connectivity index (χ0n) is 15.2. The second kappa shape index (κ2) is 6.46. The lowest BCUT2D eigenvalue weighted by atomic mass is 10.0. The molecule has 0 atom stereocenters. The van der Waals surface area contributed by atoms with Crippen molar-refractivity contribution in [2.45, 2.75) is 18.2 Å². The molecule has 2 aromatic heterocycles. The van der Waals surface area contributed by atoms with Crippen molar-refractivity contribution in [1.29, 1.82) is 5.26 Å². The second-order valence-electron chi connectivity index (χ2n) is 6.36. The summed E-state index contributed by atoms with van der Waals surface area (Å²) in [5, 5.41) is 13.8. The van der Waals surface area contributed by atoms with Gasteiger partial charge in [-0.25, -0.2) is 12.9 Å². The number of fused-ring (bicyclic) bond motifs is 1. The number of hydrogen-bond donors (Lipinski definition) is 0. The van der Waals surface area contributed by atoms with Crippen LogP contribution in [0.3, 0.4) is 0 Å². The summed E-state index contributed by atoms with van der Waals surface area (Å²) < 4.78 is 27.2. The van der Waals surface area contributed by atoms with Crippen LogP contribution in [0.25, 0.3) is 16.6 Å². The Morgan fingerprint density at radius 2 is 1.96 bits per heavy atom. The number of rotatable bonds is 4. The van der Waals surface area contributed by atoms with E-state index < -0.39 is 9.84 Å². The Balaban J connectivity index is 2.56. The molecule has 0 bridgehead atoms. The van der Waals surface area contributed by atoms with Gasteiger partial charge in [0.05, 0.1) is 17.1 Å². The molecule has 3 rings (SSSR count). The Labute approximate surface area is 153 Å². The fourth-order valence-corrected chi connectivity index (χ4v) is 4.23. The average Bonchev–Trinajstić information content (AvgIpc) is 3.02. The molecule has 6 nitrogen and oxygen atoms in total. The van der Waals surface area contributed by atoms with Gasteiger partial charge in [0, 0.05) is 31.6 Å². The predicted molar refractivity (Wildman–Crippen MR) is 102 cm³/mol. The van der Waals surface area contributed by atoms with Gasteiger partial charge < -0.3 is 4.90 Å². The molecule has 0 unspecified atom stereocenters. The molecule has 0 saturated carbocycles. The van der Waals surface area contributed by atoms with Crippen molar-refractivity contribution < 1.29 is 8.42 Å². The number of aromatic nitrogens is 2. The summed E-state index contributed by atoms with van der Waals surface area (Å²) in [6.45, 7) is 2.03. The third kappa shape index (κ3) is 2.93. The molecule has 7 heteroatoms. The summed E-state index contributed by atoms with van der Waals surface area (Å²) >= 11 is 0. The summed E-state index contributed by atoms with van der Waals surface area (Å²) in [6.07, 6.45) is 1.96. The van der Waals surface area contributed by atoms with Gasteiger partial charge in [-0.05, 0) is 36.2 Å². The number of anilines is 1. The van der Waals surface area contributed by atoms with Crippen LogP contribution in [-0.2, 0) is 16.3 Å². The molecule has 134 valence electrons. The van der Waals surface area contributed by atoms with Gasteiger partial charge in [-0.15, -0.1) is 5.10 Å². The van der Waals surface area contributed by atoms with E-state index in [1.165, 1.54) is 6.26 Å². The smallest absolute Gasteiger partial charge is 0.179 e. The first-order valence-electron chi connectivity index (χ1n) is 8.20. The van der Waals surface area contributed by atoms with E-state index in [0.29, 0.717) is 28.0 Å². The normalized spacial score (nSPS) is 11.5. The molecular weight excluding hydrogens is 348 g/mol. The van der Waals surface area contributed by atoms with Crippen LogP contribution in [0.1, 0.15) is 18.2 Å². The first-order valence-corrected chi connectivity index (χ1v) is 10.1.